The highest BCUT2D eigenvalue weighted by atomic mass is 79.9. The first-order chi connectivity index (χ1) is 14.0. The molecule has 4 rings (SSSR count). The van der Waals surface area contributed by atoms with Gasteiger partial charge in [0.25, 0.3) is 0 Å². The lowest BCUT2D eigenvalue weighted by molar-refractivity contribution is 0.0706. The number of ether oxygens (including phenoxy) is 2. The van der Waals surface area contributed by atoms with Gasteiger partial charge < -0.3 is 9.47 Å². The number of rotatable bonds is 4. The summed E-state index contributed by atoms with van der Waals surface area (Å²) in [4.78, 5) is 8.25. The van der Waals surface area contributed by atoms with E-state index in [0.29, 0.717) is 17.6 Å². The molecule has 0 aliphatic carbocycles. The van der Waals surface area contributed by atoms with Crippen LogP contribution in [0.15, 0.2) is 69.9 Å². The average molecular weight is 539 g/mol. The summed E-state index contributed by atoms with van der Waals surface area (Å²) < 4.78 is 12.9. The van der Waals surface area contributed by atoms with Gasteiger partial charge >= 0.3 is 0 Å². The molecule has 0 fully saturated rings. The number of nitrogens with zero attached hydrogens (tertiary/aromatic N) is 2. The van der Waals surface area contributed by atoms with Crippen LogP contribution >= 0.6 is 43.5 Å². The largest absolute Gasteiger partial charge is 0.474 e. The first kappa shape index (κ1) is 22.0. The maximum Gasteiger partial charge on any atom is 0.221 e. The summed E-state index contributed by atoms with van der Waals surface area (Å²) in [7, 11) is 1.67. The topological polar surface area (TPSA) is 44.2 Å². The number of aromatic nitrogens is 2. The Morgan fingerprint density at radius 2 is 1.45 bits per heavy atom. The minimum absolute atomic E-state index is 0.0548. The van der Waals surface area contributed by atoms with Gasteiger partial charge in [0.15, 0.2) is 0 Å². The molecule has 0 amide bonds. The highest BCUT2D eigenvalue weighted by Crippen LogP contribution is 2.29. The molecular formula is C22H19Br2ClN2O2. The van der Waals surface area contributed by atoms with Gasteiger partial charge in [-0.15, -0.1) is 0 Å². The van der Waals surface area contributed by atoms with Crippen molar-refractivity contribution >= 4 is 65.0 Å². The quantitative estimate of drug-likeness (QED) is 0.261. The van der Waals surface area contributed by atoms with Crippen molar-refractivity contribution in [3.05, 3.63) is 75.0 Å². The molecule has 7 heteroatoms. The summed E-state index contributed by atoms with van der Waals surface area (Å²) in [5.74, 6) is 0.646. The van der Waals surface area contributed by atoms with Crippen LogP contribution in [0.2, 0.25) is 5.15 Å². The number of methoxy groups -OCH3 is 1. The summed E-state index contributed by atoms with van der Waals surface area (Å²) in [6.45, 7) is 2.45. The molecule has 0 aliphatic rings. The van der Waals surface area contributed by atoms with Crippen molar-refractivity contribution in [2.45, 2.75) is 13.0 Å². The van der Waals surface area contributed by atoms with Crippen LogP contribution < -0.4 is 4.74 Å². The lowest BCUT2D eigenvalue weighted by atomic mass is 10.2. The van der Waals surface area contributed by atoms with Crippen molar-refractivity contribution in [3.63, 3.8) is 0 Å². The molecule has 2 aromatic heterocycles. The minimum atomic E-state index is 0.0548. The van der Waals surface area contributed by atoms with Crippen LogP contribution in [0.5, 0.6) is 5.88 Å². The van der Waals surface area contributed by atoms with Gasteiger partial charge in [-0.2, -0.15) is 0 Å². The van der Waals surface area contributed by atoms with Gasteiger partial charge in [0.05, 0.1) is 6.10 Å². The zero-order valence-corrected chi connectivity index (χ0v) is 19.8. The third-order valence-electron chi connectivity index (χ3n) is 4.28. The average Bonchev–Trinajstić information content (AvgIpc) is 2.74. The monoisotopic (exact) mass is 536 g/mol. The fraction of sp³-hybridized carbons (Fsp3) is 0.182. The Morgan fingerprint density at radius 3 is 2.07 bits per heavy atom. The van der Waals surface area contributed by atoms with E-state index in [1.54, 1.807) is 19.5 Å². The Hall–Kier alpha value is -1.73. The second kappa shape index (κ2) is 10.3. The van der Waals surface area contributed by atoms with E-state index >= 15 is 0 Å². The molecule has 29 heavy (non-hydrogen) atoms. The normalized spacial score (nSPS) is 11.8. The van der Waals surface area contributed by atoms with Gasteiger partial charge in [0, 0.05) is 50.0 Å². The molecule has 4 nitrogen and oxygen atoms in total. The van der Waals surface area contributed by atoms with E-state index in [4.69, 9.17) is 21.1 Å². The van der Waals surface area contributed by atoms with Crippen LogP contribution in [0.1, 0.15) is 6.92 Å². The zero-order chi connectivity index (χ0) is 20.8. The van der Waals surface area contributed by atoms with E-state index in [-0.39, 0.29) is 6.10 Å². The van der Waals surface area contributed by atoms with Crippen LogP contribution in [0, 0.1) is 0 Å². The molecule has 1 unspecified atom stereocenters. The van der Waals surface area contributed by atoms with Gasteiger partial charge in [-0.25, -0.2) is 9.97 Å². The fourth-order valence-electron chi connectivity index (χ4n) is 2.65. The molecular weight excluding hydrogens is 520 g/mol. The highest BCUT2D eigenvalue weighted by molar-refractivity contribution is 9.11. The number of hydrogen-bond donors (Lipinski definition) is 0. The lowest BCUT2D eigenvalue weighted by Gasteiger charge is -2.12. The van der Waals surface area contributed by atoms with Gasteiger partial charge in [-0.3, -0.25) is 0 Å². The van der Waals surface area contributed by atoms with Gasteiger partial charge in [-0.1, -0.05) is 61.7 Å². The summed E-state index contributed by atoms with van der Waals surface area (Å²) >= 11 is 12.9. The Kier molecular flexibility index (Phi) is 7.84. The predicted octanol–water partition coefficient (Wildman–Crippen LogP) is 7.06. The van der Waals surface area contributed by atoms with E-state index in [1.807, 2.05) is 55.5 Å². The Balaban J connectivity index is 0.000000176. The SMILES string of the molecule is COC(C)COc1nccc2c(Br)cccc12.Clc1nccc2c(Br)cccc12. The minimum Gasteiger partial charge on any atom is -0.474 e. The molecule has 0 saturated heterocycles. The smallest absolute Gasteiger partial charge is 0.221 e. The van der Waals surface area contributed by atoms with E-state index in [2.05, 4.69) is 41.8 Å². The van der Waals surface area contributed by atoms with Crippen LogP contribution in [0.4, 0.5) is 0 Å². The van der Waals surface area contributed by atoms with Crippen molar-refractivity contribution in [2.24, 2.45) is 0 Å². The Labute approximate surface area is 191 Å². The van der Waals surface area contributed by atoms with Crippen molar-refractivity contribution in [2.75, 3.05) is 13.7 Å². The third kappa shape index (κ3) is 5.45. The van der Waals surface area contributed by atoms with Crippen LogP contribution in [-0.2, 0) is 4.74 Å². The van der Waals surface area contributed by atoms with Gasteiger partial charge in [0.2, 0.25) is 5.88 Å². The van der Waals surface area contributed by atoms with Crippen molar-refractivity contribution in [1.82, 2.24) is 9.97 Å². The van der Waals surface area contributed by atoms with E-state index < -0.39 is 0 Å². The molecule has 0 N–H and O–H groups in total. The maximum atomic E-state index is 5.90. The van der Waals surface area contributed by atoms with E-state index in [9.17, 15) is 0 Å². The predicted molar refractivity (Wildman–Crippen MR) is 126 cm³/mol. The number of halogens is 3. The second-order valence-electron chi connectivity index (χ2n) is 6.25. The molecule has 0 aliphatic heterocycles. The van der Waals surface area contributed by atoms with Crippen LogP contribution in [0.25, 0.3) is 21.5 Å². The summed E-state index contributed by atoms with van der Waals surface area (Å²) in [6.07, 6.45) is 3.51. The fourth-order valence-corrected chi connectivity index (χ4v) is 3.87. The summed E-state index contributed by atoms with van der Waals surface area (Å²) in [5, 5.41) is 4.73. The highest BCUT2D eigenvalue weighted by Gasteiger charge is 2.07. The van der Waals surface area contributed by atoms with Crippen molar-refractivity contribution in [3.8, 4) is 5.88 Å². The molecule has 1 atom stereocenters. The number of benzene rings is 2. The first-order valence-electron chi connectivity index (χ1n) is 8.88. The Bertz CT molecular complexity index is 1080. The molecule has 2 heterocycles. The molecule has 150 valence electrons. The molecule has 2 aromatic carbocycles. The first-order valence-corrected chi connectivity index (χ1v) is 10.8. The maximum absolute atomic E-state index is 5.90. The van der Waals surface area contributed by atoms with Gasteiger partial charge in [-0.05, 0) is 37.3 Å². The second-order valence-corrected chi connectivity index (χ2v) is 8.31. The molecule has 0 saturated carbocycles. The molecule has 0 spiro atoms. The van der Waals surface area contributed by atoms with Crippen molar-refractivity contribution in [1.29, 1.82) is 0 Å². The van der Waals surface area contributed by atoms with Crippen LogP contribution in [0.3, 0.4) is 0 Å². The van der Waals surface area contributed by atoms with Crippen LogP contribution in [-0.4, -0.2) is 29.8 Å². The number of fused-ring (bicyclic) bond motifs is 2. The van der Waals surface area contributed by atoms with Gasteiger partial charge in [0.1, 0.15) is 11.8 Å². The summed E-state index contributed by atoms with van der Waals surface area (Å²) in [5.41, 5.74) is 0. The Morgan fingerprint density at radius 1 is 0.862 bits per heavy atom. The summed E-state index contributed by atoms with van der Waals surface area (Å²) in [6, 6.07) is 15.8. The third-order valence-corrected chi connectivity index (χ3v) is 5.96. The number of hydrogen-bond acceptors (Lipinski definition) is 4. The standard InChI is InChI=1S/C13H14BrNO2.C9H5BrClN/c1-9(16-2)8-17-13-11-4-3-5-12(14)10(11)6-7-15-13;10-8-3-1-2-7-6(8)4-5-12-9(7)11/h3-7,9H,8H2,1-2H3;1-5H. The van der Waals surface area contributed by atoms with E-state index in [0.717, 1.165) is 30.5 Å². The van der Waals surface area contributed by atoms with Crippen molar-refractivity contribution < 1.29 is 9.47 Å². The molecule has 0 radical (unpaired) electrons. The van der Waals surface area contributed by atoms with E-state index in [1.165, 1.54) is 0 Å². The lowest BCUT2D eigenvalue weighted by Crippen LogP contribution is -2.16. The molecule has 0 bridgehead atoms. The molecule has 4 aromatic rings. The zero-order valence-electron chi connectivity index (χ0n) is 15.9. The number of pyridine rings is 2.